The monoisotopic (exact) mass is 328 g/mol. The van der Waals surface area contributed by atoms with Gasteiger partial charge in [-0.2, -0.15) is 0 Å². The number of aryl methyl sites for hydroxylation is 2. The Morgan fingerprint density at radius 3 is 2.46 bits per heavy atom. The molecule has 0 aliphatic rings. The molecule has 2 aromatic rings. The third-order valence-corrected chi connectivity index (χ3v) is 3.69. The molecule has 1 amide bonds. The molecule has 6 nitrogen and oxygen atoms in total. The van der Waals surface area contributed by atoms with Crippen molar-refractivity contribution in [1.82, 2.24) is 0 Å². The third kappa shape index (κ3) is 4.32. The van der Waals surface area contributed by atoms with Crippen molar-refractivity contribution in [3.8, 4) is 5.75 Å². The topological polar surface area (TPSA) is 81.5 Å². The first-order valence-electron chi connectivity index (χ1n) is 7.72. The maximum absolute atomic E-state index is 12.2. The zero-order valence-electron chi connectivity index (χ0n) is 13.9. The van der Waals surface area contributed by atoms with Crippen LogP contribution < -0.4 is 10.1 Å². The molecule has 0 bridgehead atoms. The molecule has 24 heavy (non-hydrogen) atoms. The molecule has 0 saturated carbocycles. The van der Waals surface area contributed by atoms with E-state index in [0.717, 1.165) is 6.42 Å². The molecule has 1 atom stereocenters. The van der Waals surface area contributed by atoms with Gasteiger partial charge in [-0.25, -0.2) is 0 Å². The molecule has 0 aromatic heterocycles. The van der Waals surface area contributed by atoms with Crippen molar-refractivity contribution < 1.29 is 14.5 Å². The number of carbonyl (C=O) groups is 1. The number of amides is 1. The fraction of sp³-hybridized carbons (Fsp3) is 0.278. The minimum atomic E-state index is -0.688. The van der Waals surface area contributed by atoms with E-state index >= 15 is 0 Å². The Kier molecular flexibility index (Phi) is 5.52. The molecule has 0 aliphatic carbocycles. The van der Waals surface area contributed by atoms with Gasteiger partial charge in [0.1, 0.15) is 5.75 Å². The molecule has 126 valence electrons. The van der Waals surface area contributed by atoms with Gasteiger partial charge in [0, 0.05) is 17.8 Å². The zero-order chi connectivity index (χ0) is 17.7. The summed E-state index contributed by atoms with van der Waals surface area (Å²) in [6.07, 6.45) is 0.252. The molecule has 0 radical (unpaired) electrons. The predicted octanol–water partition coefficient (Wildman–Crippen LogP) is 3.87. The molecule has 2 aromatic carbocycles. The molecule has 0 unspecified atom stereocenters. The van der Waals surface area contributed by atoms with Gasteiger partial charge in [-0.1, -0.05) is 19.1 Å². The molecular weight excluding hydrogens is 308 g/mol. The molecule has 2 rings (SSSR count). The minimum Gasteiger partial charge on any atom is -0.481 e. The highest BCUT2D eigenvalue weighted by Crippen LogP contribution is 2.22. The Balaban J connectivity index is 2.01. The van der Waals surface area contributed by atoms with Crippen LogP contribution in [-0.2, 0) is 11.2 Å². The van der Waals surface area contributed by atoms with Gasteiger partial charge in [0.15, 0.2) is 6.10 Å². The number of carbonyl (C=O) groups excluding carboxylic acids is 1. The van der Waals surface area contributed by atoms with E-state index in [1.165, 1.54) is 23.8 Å². The number of hydrogen-bond donors (Lipinski definition) is 1. The second-order valence-corrected chi connectivity index (χ2v) is 5.50. The smallest absolute Gasteiger partial charge is 0.269 e. The van der Waals surface area contributed by atoms with E-state index in [0.29, 0.717) is 17.0 Å². The van der Waals surface area contributed by atoms with Crippen LogP contribution in [0.3, 0.4) is 0 Å². The van der Waals surface area contributed by atoms with E-state index in [-0.39, 0.29) is 11.6 Å². The van der Waals surface area contributed by atoms with Crippen LogP contribution in [0.2, 0.25) is 0 Å². The highest BCUT2D eigenvalue weighted by Gasteiger charge is 2.17. The van der Waals surface area contributed by atoms with Gasteiger partial charge in [0.05, 0.1) is 4.92 Å². The van der Waals surface area contributed by atoms with Crippen molar-refractivity contribution in [3.05, 3.63) is 63.7 Å². The van der Waals surface area contributed by atoms with Gasteiger partial charge in [-0.3, -0.25) is 14.9 Å². The van der Waals surface area contributed by atoms with Gasteiger partial charge in [-0.15, -0.1) is 0 Å². The summed E-state index contributed by atoms with van der Waals surface area (Å²) in [5.41, 5.74) is 2.34. The number of rotatable bonds is 6. The normalized spacial score (nSPS) is 11.6. The minimum absolute atomic E-state index is 0.00851. The Morgan fingerprint density at radius 2 is 1.92 bits per heavy atom. The Hall–Kier alpha value is -2.89. The summed E-state index contributed by atoms with van der Waals surface area (Å²) in [5, 5.41) is 13.5. The first-order chi connectivity index (χ1) is 11.4. The molecule has 6 heteroatoms. The Morgan fingerprint density at radius 1 is 1.25 bits per heavy atom. The maximum atomic E-state index is 12.2. The number of non-ortho nitro benzene ring substituents is 1. The number of nitrogens with one attached hydrogen (secondary N) is 1. The number of benzene rings is 2. The van der Waals surface area contributed by atoms with Crippen LogP contribution in [-0.4, -0.2) is 16.9 Å². The molecular formula is C18H20N2O4. The lowest BCUT2D eigenvalue weighted by Gasteiger charge is -2.16. The highest BCUT2D eigenvalue weighted by molar-refractivity contribution is 5.94. The molecule has 0 spiro atoms. The zero-order valence-corrected chi connectivity index (χ0v) is 13.9. The Labute approximate surface area is 140 Å². The summed E-state index contributed by atoms with van der Waals surface area (Å²) in [6.45, 7) is 5.43. The van der Waals surface area contributed by atoms with Crippen molar-refractivity contribution in [2.24, 2.45) is 0 Å². The summed E-state index contributed by atoms with van der Waals surface area (Å²) < 4.78 is 5.63. The lowest BCUT2D eigenvalue weighted by Crippen LogP contribution is -2.30. The maximum Gasteiger partial charge on any atom is 0.269 e. The lowest BCUT2D eigenvalue weighted by molar-refractivity contribution is -0.384. The van der Waals surface area contributed by atoms with E-state index < -0.39 is 11.0 Å². The number of nitro benzene ring substituents is 1. The van der Waals surface area contributed by atoms with Gasteiger partial charge >= 0.3 is 0 Å². The molecule has 1 N–H and O–H groups in total. The SMILES string of the molecule is CCc1ccc(O[C@H](C)C(=O)Nc2ccc([N+](=O)[O-])cc2C)cc1. The summed E-state index contributed by atoms with van der Waals surface area (Å²) >= 11 is 0. The van der Waals surface area contributed by atoms with E-state index in [9.17, 15) is 14.9 Å². The van der Waals surface area contributed by atoms with Gasteiger partial charge in [-0.05, 0) is 49.6 Å². The quantitative estimate of drug-likeness (QED) is 0.644. The first kappa shape index (κ1) is 17.5. The second kappa shape index (κ2) is 7.59. The van der Waals surface area contributed by atoms with Crippen LogP contribution in [0.25, 0.3) is 0 Å². The fourth-order valence-corrected chi connectivity index (χ4v) is 2.20. The van der Waals surface area contributed by atoms with Crippen molar-refractivity contribution >= 4 is 17.3 Å². The average Bonchev–Trinajstić information content (AvgIpc) is 2.57. The Bertz CT molecular complexity index is 741. The lowest BCUT2D eigenvalue weighted by atomic mass is 10.1. The highest BCUT2D eigenvalue weighted by atomic mass is 16.6. The van der Waals surface area contributed by atoms with Crippen molar-refractivity contribution in [1.29, 1.82) is 0 Å². The molecule has 0 saturated heterocycles. The summed E-state index contributed by atoms with van der Waals surface area (Å²) in [4.78, 5) is 22.5. The molecule has 0 heterocycles. The average molecular weight is 328 g/mol. The van der Waals surface area contributed by atoms with Crippen molar-refractivity contribution in [3.63, 3.8) is 0 Å². The molecule has 0 aliphatic heterocycles. The van der Waals surface area contributed by atoms with Crippen LogP contribution in [0.15, 0.2) is 42.5 Å². The number of nitro groups is 1. The largest absolute Gasteiger partial charge is 0.481 e. The predicted molar refractivity (Wildman–Crippen MR) is 92.4 cm³/mol. The number of nitrogens with zero attached hydrogens (tertiary/aromatic N) is 1. The van der Waals surface area contributed by atoms with Crippen LogP contribution >= 0.6 is 0 Å². The first-order valence-corrected chi connectivity index (χ1v) is 7.72. The van der Waals surface area contributed by atoms with Crippen molar-refractivity contribution in [2.45, 2.75) is 33.3 Å². The number of hydrogen-bond acceptors (Lipinski definition) is 4. The van der Waals surface area contributed by atoms with Gasteiger partial charge < -0.3 is 10.1 Å². The third-order valence-electron chi connectivity index (χ3n) is 3.69. The van der Waals surface area contributed by atoms with E-state index in [4.69, 9.17) is 4.74 Å². The van der Waals surface area contributed by atoms with E-state index in [2.05, 4.69) is 12.2 Å². The number of ether oxygens (including phenoxy) is 1. The van der Waals surface area contributed by atoms with Crippen LogP contribution in [0, 0.1) is 17.0 Å². The van der Waals surface area contributed by atoms with E-state index in [1.807, 2.05) is 24.3 Å². The van der Waals surface area contributed by atoms with Crippen LogP contribution in [0.1, 0.15) is 25.0 Å². The number of anilines is 1. The van der Waals surface area contributed by atoms with Crippen LogP contribution in [0.4, 0.5) is 11.4 Å². The second-order valence-electron chi connectivity index (χ2n) is 5.50. The summed E-state index contributed by atoms with van der Waals surface area (Å²) in [6, 6.07) is 11.9. The van der Waals surface area contributed by atoms with Crippen LogP contribution in [0.5, 0.6) is 5.75 Å². The van der Waals surface area contributed by atoms with E-state index in [1.54, 1.807) is 13.8 Å². The summed E-state index contributed by atoms with van der Waals surface area (Å²) in [5.74, 6) is 0.307. The fourth-order valence-electron chi connectivity index (χ4n) is 2.20. The van der Waals surface area contributed by atoms with Gasteiger partial charge in [0.2, 0.25) is 0 Å². The standard InChI is InChI=1S/C18H20N2O4/c1-4-14-5-8-16(9-6-14)24-13(3)18(21)19-17-10-7-15(20(22)23)11-12(17)2/h5-11,13H,4H2,1-3H3,(H,19,21)/t13-/m1/s1. The van der Waals surface area contributed by atoms with Gasteiger partial charge in [0.25, 0.3) is 11.6 Å². The summed E-state index contributed by atoms with van der Waals surface area (Å²) in [7, 11) is 0. The van der Waals surface area contributed by atoms with Crippen molar-refractivity contribution in [2.75, 3.05) is 5.32 Å². The molecule has 0 fully saturated rings.